The Morgan fingerprint density at radius 1 is 1.17 bits per heavy atom. The van der Waals surface area contributed by atoms with Gasteiger partial charge >= 0.3 is 0 Å². The minimum Gasteiger partial charge on any atom is -0.394 e. The summed E-state index contributed by atoms with van der Waals surface area (Å²) in [6, 6.07) is -0.194. The lowest BCUT2D eigenvalue weighted by Crippen LogP contribution is -2.53. The summed E-state index contributed by atoms with van der Waals surface area (Å²) in [5.74, 6) is -0.0439. The summed E-state index contributed by atoms with van der Waals surface area (Å²) in [5.41, 5.74) is 0. The van der Waals surface area contributed by atoms with E-state index in [-0.39, 0.29) is 36.5 Å². The van der Waals surface area contributed by atoms with Crippen molar-refractivity contribution in [3.63, 3.8) is 0 Å². The Bertz CT molecular complexity index is 398. The van der Waals surface area contributed by atoms with E-state index in [1.54, 1.807) is 0 Å². The standard InChI is InChI=1S/C16H28N2O5/c1-2-17-15(20)9-12-3-4-13(14(10-19)23-12)18-16(21)11-5-7-22-8-6-11/h11-14,19H,2-10H2,1H3,(H,17,20)(H,18,21)/t12-,13-,14+/m1/s1. The van der Waals surface area contributed by atoms with Gasteiger partial charge in [-0.05, 0) is 32.6 Å². The molecule has 3 N–H and O–H groups in total. The second-order valence-corrected chi connectivity index (χ2v) is 6.22. The Balaban J connectivity index is 1.81. The largest absolute Gasteiger partial charge is 0.394 e. The van der Waals surface area contributed by atoms with E-state index in [0.29, 0.717) is 39.0 Å². The average Bonchev–Trinajstić information content (AvgIpc) is 2.57. The van der Waals surface area contributed by atoms with Gasteiger partial charge in [0.2, 0.25) is 11.8 Å². The summed E-state index contributed by atoms with van der Waals surface area (Å²) >= 11 is 0. The number of ether oxygens (including phenoxy) is 2. The molecule has 7 nitrogen and oxygen atoms in total. The van der Waals surface area contributed by atoms with Gasteiger partial charge in [-0.2, -0.15) is 0 Å². The van der Waals surface area contributed by atoms with Crippen molar-refractivity contribution in [1.29, 1.82) is 0 Å². The molecule has 0 aromatic rings. The topological polar surface area (TPSA) is 96.9 Å². The Hall–Kier alpha value is -1.18. The molecule has 0 aliphatic carbocycles. The molecule has 0 bridgehead atoms. The molecule has 0 spiro atoms. The molecule has 3 atom stereocenters. The first-order valence-electron chi connectivity index (χ1n) is 8.55. The molecule has 0 saturated carbocycles. The number of nitrogens with one attached hydrogen (secondary N) is 2. The third kappa shape index (κ3) is 5.44. The highest BCUT2D eigenvalue weighted by Crippen LogP contribution is 2.23. The molecule has 2 saturated heterocycles. The van der Waals surface area contributed by atoms with Gasteiger partial charge in [0.15, 0.2) is 0 Å². The molecular weight excluding hydrogens is 300 g/mol. The van der Waals surface area contributed by atoms with Crippen LogP contribution in [0.4, 0.5) is 0 Å². The van der Waals surface area contributed by atoms with Gasteiger partial charge in [-0.1, -0.05) is 0 Å². The van der Waals surface area contributed by atoms with E-state index in [9.17, 15) is 14.7 Å². The molecule has 0 unspecified atom stereocenters. The number of rotatable bonds is 6. The van der Waals surface area contributed by atoms with E-state index >= 15 is 0 Å². The van der Waals surface area contributed by atoms with E-state index < -0.39 is 6.10 Å². The SMILES string of the molecule is CCNC(=O)C[C@H]1CC[C@@H](NC(=O)C2CCOCC2)[C@H](CO)O1. The summed E-state index contributed by atoms with van der Waals surface area (Å²) in [7, 11) is 0. The number of carbonyl (C=O) groups is 2. The molecule has 0 aromatic carbocycles. The zero-order valence-electron chi connectivity index (χ0n) is 13.8. The van der Waals surface area contributed by atoms with Crippen LogP contribution in [-0.2, 0) is 19.1 Å². The van der Waals surface area contributed by atoms with Gasteiger partial charge in [-0.15, -0.1) is 0 Å². The molecule has 2 heterocycles. The average molecular weight is 328 g/mol. The highest BCUT2D eigenvalue weighted by atomic mass is 16.5. The van der Waals surface area contributed by atoms with Crippen molar-refractivity contribution in [2.45, 2.75) is 57.3 Å². The number of aliphatic hydroxyl groups is 1. The van der Waals surface area contributed by atoms with Crippen LogP contribution >= 0.6 is 0 Å². The fourth-order valence-electron chi connectivity index (χ4n) is 3.18. The molecule has 7 heteroatoms. The van der Waals surface area contributed by atoms with Crippen LogP contribution in [0.25, 0.3) is 0 Å². The maximum Gasteiger partial charge on any atom is 0.223 e. The van der Waals surface area contributed by atoms with Crippen molar-refractivity contribution >= 4 is 11.8 Å². The summed E-state index contributed by atoms with van der Waals surface area (Å²) in [5, 5.41) is 15.3. The van der Waals surface area contributed by atoms with Crippen molar-refractivity contribution in [3.05, 3.63) is 0 Å². The first-order chi connectivity index (χ1) is 11.1. The molecule has 0 aromatic heterocycles. The smallest absolute Gasteiger partial charge is 0.223 e. The van der Waals surface area contributed by atoms with E-state index in [0.717, 1.165) is 12.8 Å². The minimum absolute atomic E-state index is 0.0162. The summed E-state index contributed by atoms with van der Waals surface area (Å²) in [6.07, 6.45) is 2.54. The summed E-state index contributed by atoms with van der Waals surface area (Å²) in [6.45, 7) is 3.55. The van der Waals surface area contributed by atoms with E-state index in [1.165, 1.54) is 0 Å². The second-order valence-electron chi connectivity index (χ2n) is 6.22. The highest BCUT2D eigenvalue weighted by Gasteiger charge is 2.34. The van der Waals surface area contributed by atoms with Gasteiger partial charge in [0.25, 0.3) is 0 Å². The maximum absolute atomic E-state index is 12.3. The van der Waals surface area contributed by atoms with Crippen molar-refractivity contribution in [2.75, 3.05) is 26.4 Å². The molecular formula is C16H28N2O5. The van der Waals surface area contributed by atoms with Gasteiger partial charge in [0.05, 0.1) is 25.2 Å². The molecule has 2 amide bonds. The van der Waals surface area contributed by atoms with Crippen LogP contribution < -0.4 is 10.6 Å². The summed E-state index contributed by atoms with van der Waals surface area (Å²) in [4.78, 5) is 23.9. The van der Waals surface area contributed by atoms with Crippen molar-refractivity contribution in [1.82, 2.24) is 10.6 Å². The third-order valence-corrected chi connectivity index (χ3v) is 4.50. The van der Waals surface area contributed by atoms with Crippen LogP contribution in [-0.4, -0.2) is 61.5 Å². The Labute approximate surface area is 137 Å². The normalized spacial score (nSPS) is 29.0. The van der Waals surface area contributed by atoms with Crippen LogP contribution in [0.2, 0.25) is 0 Å². The predicted molar refractivity (Wildman–Crippen MR) is 83.8 cm³/mol. The third-order valence-electron chi connectivity index (χ3n) is 4.50. The van der Waals surface area contributed by atoms with Crippen LogP contribution in [0, 0.1) is 5.92 Å². The van der Waals surface area contributed by atoms with Crippen LogP contribution in [0.1, 0.15) is 39.0 Å². The first-order valence-corrected chi connectivity index (χ1v) is 8.55. The quantitative estimate of drug-likeness (QED) is 0.636. The summed E-state index contributed by atoms with van der Waals surface area (Å²) < 4.78 is 11.1. The number of amides is 2. The molecule has 0 radical (unpaired) electrons. The fraction of sp³-hybridized carbons (Fsp3) is 0.875. The van der Waals surface area contributed by atoms with Crippen molar-refractivity contribution in [2.24, 2.45) is 5.92 Å². The van der Waals surface area contributed by atoms with Crippen molar-refractivity contribution < 1.29 is 24.2 Å². The number of hydrogen-bond acceptors (Lipinski definition) is 5. The zero-order chi connectivity index (χ0) is 16.7. The van der Waals surface area contributed by atoms with Crippen LogP contribution in [0.5, 0.6) is 0 Å². The fourth-order valence-corrected chi connectivity index (χ4v) is 3.18. The van der Waals surface area contributed by atoms with Crippen LogP contribution in [0.15, 0.2) is 0 Å². The Morgan fingerprint density at radius 2 is 1.91 bits per heavy atom. The van der Waals surface area contributed by atoms with Crippen LogP contribution in [0.3, 0.4) is 0 Å². The van der Waals surface area contributed by atoms with Gasteiger partial charge in [0.1, 0.15) is 6.10 Å². The van der Waals surface area contributed by atoms with Gasteiger partial charge in [0, 0.05) is 25.7 Å². The number of aliphatic hydroxyl groups excluding tert-OH is 1. The lowest BCUT2D eigenvalue weighted by Gasteiger charge is -2.36. The monoisotopic (exact) mass is 328 g/mol. The molecule has 23 heavy (non-hydrogen) atoms. The molecule has 2 aliphatic rings. The Kier molecular flexibility index (Phi) is 7.26. The Morgan fingerprint density at radius 3 is 2.57 bits per heavy atom. The first kappa shape index (κ1) is 18.2. The molecule has 2 rings (SSSR count). The highest BCUT2D eigenvalue weighted by molar-refractivity contribution is 5.79. The lowest BCUT2D eigenvalue weighted by molar-refractivity contribution is -0.138. The molecule has 132 valence electrons. The molecule has 2 fully saturated rings. The second kappa shape index (κ2) is 9.20. The van der Waals surface area contributed by atoms with E-state index in [1.807, 2.05) is 6.92 Å². The zero-order valence-corrected chi connectivity index (χ0v) is 13.8. The number of carbonyl (C=O) groups excluding carboxylic acids is 2. The van der Waals surface area contributed by atoms with E-state index in [2.05, 4.69) is 10.6 Å². The minimum atomic E-state index is -0.452. The van der Waals surface area contributed by atoms with Gasteiger partial charge in [-0.25, -0.2) is 0 Å². The van der Waals surface area contributed by atoms with Crippen molar-refractivity contribution in [3.8, 4) is 0 Å². The number of hydrogen-bond donors (Lipinski definition) is 3. The van der Waals surface area contributed by atoms with Gasteiger partial charge in [-0.3, -0.25) is 9.59 Å². The maximum atomic E-state index is 12.3. The van der Waals surface area contributed by atoms with Gasteiger partial charge < -0.3 is 25.2 Å². The van der Waals surface area contributed by atoms with E-state index in [4.69, 9.17) is 9.47 Å². The molecule has 2 aliphatic heterocycles. The lowest BCUT2D eigenvalue weighted by atomic mass is 9.94. The predicted octanol–water partition coefficient (Wildman–Crippen LogP) is -0.0361.